The van der Waals surface area contributed by atoms with Crippen LogP contribution in [0, 0.1) is 11.8 Å². The Morgan fingerprint density at radius 2 is 1.05 bits per heavy atom. The van der Waals surface area contributed by atoms with Crippen molar-refractivity contribution in [3.63, 3.8) is 0 Å². The van der Waals surface area contributed by atoms with Crippen molar-refractivity contribution in [2.45, 2.75) is 61.9 Å². The van der Waals surface area contributed by atoms with E-state index >= 15 is 0 Å². The summed E-state index contributed by atoms with van der Waals surface area (Å²) >= 11 is 0. The summed E-state index contributed by atoms with van der Waals surface area (Å²) in [7, 11) is 3.27. The Balaban J connectivity index is 1.88. The fourth-order valence-electron chi connectivity index (χ4n) is 3.13. The summed E-state index contributed by atoms with van der Waals surface area (Å²) < 4.78 is 0. The molecule has 2 N–H and O–H groups in total. The van der Waals surface area contributed by atoms with Gasteiger partial charge in [-0.3, -0.25) is 9.59 Å². The first-order valence-corrected chi connectivity index (χ1v) is 9.65. The molecular formula is C14H22O4S2. The van der Waals surface area contributed by atoms with Gasteiger partial charge >= 0.3 is 11.9 Å². The molecule has 2 rings (SSSR count). The van der Waals surface area contributed by atoms with Crippen LogP contribution in [0.2, 0.25) is 0 Å². The van der Waals surface area contributed by atoms with Crippen LogP contribution in [-0.2, 0) is 9.59 Å². The Morgan fingerprint density at radius 1 is 0.700 bits per heavy atom. The van der Waals surface area contributed by atoms with E-state index in [1.54, 1.807) is 21.6 Å². The van der Waals surface area contributed by atoms with Gasteiger partial charge in [0.05, 0.1) is 11.8 Å². The summed E-state index contributed by atoms with van der Waals surface area (Å²) in [4.78, 5) is 22.5. The van der Waals surface area contributed by atoms with Gasteiger partial charge in [0, 0.05) is 10.5 Å². The molecule has 6 heteroatoms. The van der Waals surface area contributed by atoms with Crippen LogP contribution < -0.4 is 0 Å². The van der Waals surface area contributed by atoms with Crippen molar-refractivity contribution in [3.8, 4) is 0 Å². The normalized spacial score (nSPS) is 34.6. The van der Waals surface area contributed by atoms with Gasteiger partial charge in [0.15, 0.2) is 0 Å². The molecule has 0 spiro atoms. The molecule has 0 amide bonds. The third-order valence-electron chi connectivity index (χ3n) is 4.34. The highest BCUT2D eigenvalue weighted by molar-refractivity contribution is 8.77. The average molecular weight is 318 g/mol. The van der Waals surface area contributed by atoms with E-state index in [2.05, 4.69) is 0 Å². The zero-order valence-electron chi connectivity index (χ0n) is 11.5. The van der Waals surface area contributed by atoms with Gasteiger partial charge in [0.1, 0.15) is 0 Å². The molecule has 2 fully saturated rings. The summed E-state index contributed by atoms with van der Waals surface area (Å²) in [5.74, 6) is -1.90. The summed E-state index contributed by atoms with van der Waals surface area (Å²) in [6.07, 6.45) is 7.60. The predicted molar refractivity (Wildman–Crippen MR) is 81.9 cm³/mol. The van der Waals surface area contributed by atoms with Crippen LogP contribution in [0.5, 0.6) is 0 Å². The SMILES string of the molecule is O=C(O)C1CCCCC1SSC1CCCCC1C(=O)O. The van der Waals surface area contributed by atoms with Gasteiger partial charge in [0.2, 0.25) is 0 Å². The minimum Gasteiger partial charge on any atom is -0.481 e. The summed E-state index contributed by atoms with van der Waals surface area (Å²) in [6.45, 7) is 0. The monoisotopic (exact) mass is 318 g/mol. The molecule has 0 saturated heterocycles. The van der Waals surface area contributed by atoms with Gasteiger partial charge in [-0.1, -0.05) is 47.3 Å². The molecule has 4 nitrogen and oxygen atoms in total. The lowest BCUT2D eigenvalue weighted by atomic mass is 9.89. The molecule has 0 aromatic carbocycles. The third kappa shape index (κ3) is 4.07. The van der Waals surface area contributed by atoms with E-state index in [0.717, 1.165) is 51.4 Å². The van der Waals surface area contributed by atoms with Crippen LogP contribution in [0.4, 0.5) is 0 Å². The maximum atomic E-state index is 11.3. The largest absolute Gasteiger partial charge is 0.481 e. The van der Waals surface area contributed by atoms with Crippen molar-refractivity contribution in [1.29, 1.82) is 0 Å². The lowest BCUT2D eigenvalue weighted by Gasteiger charge is -2.31. The number of aliphatic carboxylic acids is 2. The van der Waals surface area contributed by atoms with Crippen LogP contribution in [0.15, 0.2) is 0 Å². The molecule has 0 aromatic rings. The van der Waals surface area contributed by atoms with Crippen LogP contribution in [0.25, 0.3) is 0 Å². The number of carboxylic acids is 2. The Labute approximate surface area is 127 Å². The number of rotatable bonds is 5. The minimum absolute atomic E-state index is 0.141. The molecule has 4 atom stereocenters. The molecule has 4 unspecified atom stereocenters. The molecule has 114 valence electrons. The van der Waals surface area contributed by atoms with E-state index in [1.807, 2.05) is 0 Å². The lowest BCUT2D eigenvalue weighted by Crippen LogP contribution is -2.31. The summed E-state index contributed by atoms with van der Waals surface area (Å²) in [5.41, 5.74) is 0. The van der Waals surface area contributed by atoms with Gasteiger partial charge in [-0.25, -0.2) is 0 Å². The van der Waals surface area contributed by atoms with Crippen molar-refractivity contribution in [3.05, 3.63) is 0 Å². The van der Waals surface area contributed by atoms with E-state index in [1.165, 1.54) is 0 Å². The Hall–Kier alpha value is -0.360. The molecule has 0 radical (unpaired) electrons. The van der Waals surface area contributed by atoms with E-state index in [0.29, 0.717) is 0 Å². The van der Waals surface area contributed by atoms with Crippen LogP contribution in [0.1, 0.15) is 51.4 Å². The molecule has 0 bridgehead atoms. The van der Waals surface area contributed by atoms with E-state index in [-0.39, 0.29) is 22.3 Å². The standard InChI is InChI=1S/C14H22O4S2/c15-13(16)9-5-1-3-7-11(9)19-20-12-8-4-2-6-10(12)14(17)18/h9-12H,1-8H2,(H,15,16)(H,17,18). The smallest absolute Gasteiger partial charge is 0.307 e. The van der Waals surface area contributed by atoms with Crippen molar-refractivity contribution < 1.29 is 19.8 Å². The van der Waals surface area contributed by atoms with E-state index in [4.69, 9.17) is 0 Å². The minimum atomic E-state index is -0.693. The second-order valence-corrected chi connectivity index (χ2v) is 8.48. The average Bonchev–Trinajstić information content (AvgIpc) is 2.45. The molecule has 0 aliphatic heterocycles. The Kier molecular flexibility index (Phi) is 6.08. The predicted octanol–water partition coefficient (Wildman–Crippen LogP) is 3.65. The molecule has 2 aliphatic rings. The molecular weight excluding hydrogens is 296 g/mol. The zero-order valence-corrected chi connectivity index (χ0v) is 13.1. The first-order valence-electron chi connectivity index (χ1n) is 7.37. The van der Waals surface area contributed by atoms with Crippen molar-refractivity contribution >= 4 is 33.5 Å². The quantitative estimate of drug-likeness (QED) is 0.754. The number of hydrogen-bond donors (Lipinski definition) is 2. The van der Waals surface area contributed by atoms with Gasteiger partial charge in [-0.15, -0.1) is 0 Å². The fourth-order valence-corrected chi connectivity index (χ4v) is 6.95. The van der Waals surface area contributed by atoms with Crippen molar-refractivity contribution in [2.75, 3.05) is 0 Å². The lowest BCUT2D eigenvalue weighted by molar-refractivity contribution is -0.143. The highest BCUT2D eigenvalue weighted by Crippen LogP contribution is 2.46. The summed E-state index contributed by atoms with van der Waals surface area (Å²) in [5, 5.41) is 18.8. The number of carbonyl (C=O) groups is 2. The topological polar surface area (TPSA) is 74.6 Å². The van der Waals surface area contributed by atoms with Crippen molar-refractivity contribution in [2.24, 2.45) is 11.8 Å². The molecule has 2 saturated carbocycles. The van der Waals surface area contributed by atoms with E-state index < -0.39 is 11.9 Å². The fraction of sp³-hybridized carbons (Fsp3) is 0.857. The molecule has 20 heavy (non-hydrogen) atoms. The van der Waals surface area contributed by atoms with Crippen molar-refractivity contribution in [1.82, 2.24) is 0 Å². The summed E-state index contributed by atoms with van der Waals surface area (Å²) in [6, 6.07) is 0. The number of carboxylic acid groups (broad SMARTS) is 2. The zero-order chi connectivity index (χ0) is 14.5. The molecule has 0 heterocycles. The van der Waals surface area contributed by atoms with Gasteiger partial charge in [-0.2, -0.15) is 0 Å². The van der Waals surface area contributed by atoms with Crippen LogP contribution in [-0.4, -0.2) is 32.7 Å². The third-order valence-corrected chi connectivity index (χ3v) is 7.89. The first kappa shape index (κ1) is 16.0. The molecule has 2 aliphatic carbocycles. The maximum Gasteiger partial charge on any atom is 0.307 e. The Morgan fingerprint density at radius 3 is 1.40 bits per heavy atom. The molecule has 0 aromatic heterocycles. The van der Waals surface area contributed by atoms with E-state index in [9.17, 15) is 19.8 Å². The maximum absolute atomic E-state index is 11.3. The van der Waals surface area contributed by atoms with Crippen LogP contribution in [0.3, 0.4) is 0 Å². The second-order valence-electron chi connectivity index (χ2n) is 5.73. The second kappa shape index (κ2) is 7.59. The van der Waals surface area contributed by atoms with Gasteiger partial charge in [-0.05, 0) is 25.7 Å². The van der Waals surface area contributed by atoms with Crippen LogP contribution >= 0.6 is 21.6 Å². The number of hydrogen-bond acceptors (Lipinski definition) is 4. The van der Waals surface area contributed by atoms with Gasteiger partial charge < -0.3 is 10.2 Å². The highest BCUT2D eigenvalue weighted by atomic mass is 33.1. The van der Waals surface area contributed by atoms with Gasteiger partial charge in [0.25, 0.3) is 0 Å². The first-order chi connectivity index (χ1) is 9.59. The highest BCUT2D eigenvalue weighted by Gasteiger charge is 2.35. The Bertz CT molecular complexity index is 327.